The van der Waals surface area contributed by atoms with Crippen LogP contribution in [-0.2, 0) is 4.57 Å². The zero-order chi connectivity index (χ0) is 10.8. The first kappa shape index (κ1) is 11.1. The molecule has 0 spiro atoms. The van der Waals surface area contributed by atoms with Crippen LogP contribution in [0.15, 0.2) is 36.4 Å². The molecule has 0 bridgehead atoms. The number of hydrogen-bond acceptors (Lipinski definition) is 3. The van der Waals surface area contributed by atoms with Gasteiger partial charge < -0.3 is 14.9 Å². The third-order valence-corrected chi connectivity index (χ3v) is 2.70. The topological polar surface area (TPSA) is 90.7 Å². The average molecular weight is 215 g/mol. The van der Waals surface area contributed by atoms with Gasteiger partial charge in [0.1, 0.15) is 6.10 Å². The van der Waals surface area contributed by atoms with Crippen LogP contribution in [0.3, 0.4) is 0 Å². The van der Waals surface area contributed by atoms with Crippen molar-refractivity contribution in [2.24, 2.45) is 0 Å². The zero-order valence-electron chi connectivity index (χ0n) is 7.24. The SMILES string of the molecule is C=C(C(O)c1ccncc1)P(=O)(O)O. The first-order valence-electron chi connectivity index (χ1n) is 3.76. The van der Waals surface area contributed by atoms with Crippen LogP contribution >= 0.6 is 7.60 Å². The number of rotatable bonds is 3. The van der Waals surface area contributed by atoms with Crippen LogP contribution in [0.2, 0.25) is 0 Å². The van der Waals surface area contributed by atoms with Crippen molar-refractivity contribution >= 4 is 7.60 Å². The van der Waals surface area contributed by atoms with Gasteiger partial charge in [-0.05, 0) is 17.7 Å². The molecule has 1 aromatic rings. The maximum atomic E-state index is 10.8. The van der Waals surface area contributed by atoms with E-state index in [1.807, 2.05) is 0 Å². The van der Waals surface area contributed by atoms with Crippen LogP contribution in [0.4, 0.5) is 0 Å². The summed E-state index contributed by atoms with van der Waals surface area (Å²) in [5.74, 6) is 0. The van der Waals surface area contributed by atoms with Crippen molar-refractivity contribution in [3.63, 3.8) is 0 Å². The highest BCUT2D eigenvalue weighted by molar-refractivity contribution is 7.56. The molecule has 1 unspecified atom stereocenters. The van der Waals surface area contributed by atoms with Gasteiger partial charge in [0.2, 0.25) is 0 Å². The number of aliphatic hydroxyl groups is 1. The minimum absolute atomic E-state index is 0.355. The van der Waals surface area contributed by atoms with Gasteiger partial charge in [-0.1, -0.05) is 6.58 Å². The van der Waals surface area contributed by atoms with Crippen molar-refractivity contribution in [1.29, 1.82) is 0 Å². The lowest BCUT2D eigenvalue weighted by atomic mass is 10.1. The van der Waals surface area contributed by atoms with Gasteiger partial charge in [0.05, 0.1) is 5.31 Å². The van der Waals surface area contributed by atoms with E-state index in [-0.39, 0.29) is 0 Å². The predicted octanol–water partition coefficient (Wildman–Crippen LogP) is 0.806. The highest BCUT2D eigenvalue weighted by Crippen LogP contribution is 2.49. The second-order valence-electron chi connectivity index (χ2n) is 2.72. The van der Waals surface area contributed by atoms with E-state index in [0.29, 0.717) is 5.56 Å². The van der Waals surface area contributed by atoms with Crippen molar-refractivity contribution < 1.29 is 19.5 Å². The van der Waals surface area contributed by atoms with E-state index < -0.39 is 19.0 Å². The van der Waals surface area contributed by atoms with Gasteiger partial charge in [0.15, 0.2) is 0 Å². The third kappa shape index (κ3) is 2.49. The second kappa shape index (κ2) is 4.02. The molecule has 14 heavy (non-hydrogen) atoms. The monoisotopic (exact) mass is 215 g/mol. The Bertz CT molecular complexity index is 372. The Hall–Kier alpha value is -1.00. The average Bonchev–Trinajstić information content (AvgIpc) is 2.15. The molecule has 3 N–H and O–H groups in total. The lowest BCUT2D eigenvalue weighted by molar-refractivity contribution is 0.217. The van der Waals surface area contributed by atoms with E-state index >= 15 is 0 Å². The molecule has 0 amide bonds. The minimum atomic E-state index is -4.44. The molecule has 0 saturated carbocycles. The fourth-order valence-electron chi connectivity index (χ4n) is 0.897. The Kier molecular flexibility index (Phi) is 3.18. The van der Waals surface area contributed by atoms with Gasteiger partial charge in [0, 0.05) is 12.4 Å². The highest BCUT2D eigenvalue weighted by Gasteiger charge is 2.26. The van der Waals surface area contributed by atoms with Gasteiger partial charge in [-0.25, -0.2) is 0 Å². The van der Waals surface area contributed by atoms with Gasteiger partial charge in [-0.15, -0.1) is 0 Å². The second-order valence-corrected chi connectivity index (χ2v) is 4.38. The number of aromatic nitrogens is 1. The number of nitrogens with zero attached hydrogens (tertiary/aromatic N) is 1. The molecule has 5 nitrogen and oxygen atoms in total. The Balaban J connectivity index is 2.93. The summed E-state index contributed by atoms with van der Waals surface area (Å²) in [6, 6.07) is 2.93. The van der Waals surface area contributed by atoms with Crippen LogP contribution < -0.4 is 0 Å². The highest BCUT2D eigenvalue weighted by atomic mass is 31.2. The predicted molar refractivity (Wildman–Crippen MR) is 50.4 cm³/mol. The number of hydrogen-bond donors (Lipinski definition) is 3. The molecule has 76 valence electrons. The van der Waals surface area contributed by atoms with Crippen LogP contribution in [0, 0.1) is 0 Å². The molecular weight excluding hydrogens is 205 g/mol. The normalized spacial score (nSPS) is 13.6. The fraction of sp³-hybridized carbons (Fsp3) is 0.125. The summed E-state index contributed by atoms with van der Waals surface area (Å²) in [5.41, 5.74) is 0.355. The van der Waals surface area contributed by atoms with E-state index in [4.69, 9.17) is 9.79 Å². The number of aliphatic hydroxyl groups excluding tert-OH is 1. The number of pyridine rings is 1. The van der Waals surface area contributed by atoms with Crippen molar-refractivity contribution in [3.8, 4) is 0 Å². The summed E-state index contributed by atoms with van der Waals surface area (Å²) in [5, 5.41) is 8.99. The van der Waals surface area contributed by atoms with Crippen molar-refractivity contribution in [1.82, 2.24) is 4.98 Å². The molecule has 0 aliphatic heterocycles. The van der Waals surface area contributed by atoms with E-state index in [0.717, 1.165) is 0 Å². The molecular formula is C8H10NO4P. The van der Waals surface area contributed by atoms with Crippen LogP contribution in [0.5, 0.6) is 0 Å². The van der Waals surface area contributed by atoms with E-state index in [1.54, 1.807) is 0 Å². The molecule has 6 heteroatoms. The van der Waals surface area contributed by atoms with Gasteiger partial charge in [0.25, 0.3) is 0 Å². The van der Waals surface area contributed by atoms with Crippen molar-refractivity contribution in [2.45, 2.75) is 6.10 Å². The van der Waals surface area contributed by atoms with Crippen LogP contribution in [-0.4, -0.2) is 19.9 Å². The zero-order valence-corrected chi connectivity index (χ0v) is 8.13. The smallest absolute Gasteiger partial charge is 0.354 e. The third-order valence-electron chi connectivity index (χ3n) is 1.71. The van der Waals surface area contributed by atoms with Crippen LogP contribution in [0.25, 0.3) is 0 Å². The Labute approximate surface area is 80.9 Å². The Morgan fingerprint density at radius 3 is 2.36 bits per heavy atom. The van der Waals surface area contributed by atoms with Gasteiger partial charge in [-0.3, -0.25) is 9.55 Å². The summed E-state index contributed by atoms with van der Waals surface area (Å²) in [4.78, 5) is 21.2. The molecule has 0 fully saturated rings. The van der Waals surface area contributed by atoms with Crippen molar-refractivity contribution in [2.75, 3.05) is 0 Å². The van der Waals surface area contributed by atoms with Crippen LogP contribution in [0.1, 0.15) is 11.7 Å². The first-order valence-corrected chi connectivity index (χ1v) is 5.37. The molecule has 1 heterocycles. The van der Waals surface area contributed by atoms with E-state index in [9.17, 15) is 9.67 Å². The minimum Gasteiger partial charge on any atom is -0.383 e. The molecule has 0 radical (unpaired) electrons. The summed E-state index contributed by atoms with van der Waals surface area (Å²) in [6.07, 6.45) is 1.48. The molecule has 0 aromatic carbocycles. The van der Waals surface area contributed by atoms with Gasteiger partial charge >= 0.3 is 7.60 Å². The molecule has 1 aromatic heterocycles. The van der Waals surface area contributed by atoms with E-state index in [1.165, 1.54) is 24.5 Å². The largest absolute Gasteiger partial charge is 0.383 e. The first-order chi connectivity index (χ1) is 6.43. The molecule has 1 atom stereocenters. The maximum Gasteiger partial charge on any atom is 0.354 e. The van der Waals surface area contributed by atoms with Gasteiger partial charge in [-0.2, -0.15) is 0 Å². The summed E-state index contributed by atoms with van der Waals surface area (Å²) < 4.78 is 10.8. The molecule has 0 saturated heterocycles. The quantitative estimate of drug-likeness (QED) is 0.649. The molecule has 0 aliphatic carbocycles. The van der Waals surface area contributed by atoms with E-state index in [2.05, 4.69) is 11.6 Å². The van der Waals surface area contributed by atoms with Crippen molar-refractivity contribution in [3.05, 3.63) is 42.0 Å². The summed E-state index contributed by atoms with van der Waals surface area (Å²) >= 11 is 0. The lowest BCUT2D eigenvalue weighted by Crippen LogP contribution is -2.01. The molecule has 0 aliphatic rings. The Morgan fingerprint density at radius 2 is 1.93 bits per heavy atom. The Morgan fingerprint density at radius 1 is 1.43 bits per heavy atom. The summed E-state index contributed by atoms with van der Waals surface area (Å²) in [7, 11) is -4.44. The lowest BCUT2D eigenvalue weighted by Gasteiger charge is -2.14. The maximum absolute atomic E-state index is 10.8. The molecule has 1 rings (SSSR count). The fourth-order valence-corrected chi connectivity index (χ4v) is 1.37. The standard InChI is InChI=1S/C8H10NO4P/c1-6(14(11,12)13)8(10)7-2-4-9-5-3-7/h2-5,8,10H,1H2,(H2,11,12,13). The summed E-state index contributed by atoms with van der Waals surface area (Å²) in [6.45, 7) is 3.17.